The van der Waals surface area contributed by atoms with E-state index >= 15 is 0 Å². The molecule has 1 aromatic heterocycles. The summed E-state index contributed by atoms with van der Waals surface area (Å²) in [6.07, 6.45) is 2.56. The lowest BCUT2D eigenvalue weighted by Crippen LogP contribution is -2.24. The van der Waals surface area contributed by atoms with Crippen molar-refractivity contribution >= 4 is 17.3 Å². The summed E-state index contributed by atoms with van der Waals surface area (Å²) in [5, 5.41) is 3.06. The number of ether oxygens (including phenoxy) is 1. The van der Waals surface area contributed by atoms with E-state index in [1.54, 1.807) is 0 Å². The van der Waals surface area contributed by atoms with Crippen LogP contribution in [-0.2, 0) is 13.1 Å². The first-order chi connectivity index (χ1) is 13.6. The molecule has 0 unspecified atom stereocenters. The number of benzene rings is 1. The summed E-state index contributed by atoms with van der Waals surface area (Å²) >= 11 is 0. The molecular weight excluding hydrogens is 356 g/mol. The Hall–Kier alpha value is -2.74. The highest BCUT2D eigenvalue weighted by Gasteiger charge is 2.20. The predicted octanol–water partition coefficient (Wildman–Crippen LogP) is 3.48. The molecule has 8 heteroatoms. The molecule has 1 aliphatic rings. The average molecular weight is 384 g/mol. The fourth-order valence-electron chi connectivity index (χ4n) is 3.52. The Labute approximate surface area is 165 Å². The highest BCUT2D eigenvalue weighted by Crippen LogP contribution is 2.34. The van der Waals surface area contributed by atoms with Crippen molar-refractivity contribution < 1.29 is 4.74 Å². The van der Waals surface area contributed by atoms with Gasteiger partial charge in [0.15, 0.2) is 17.3 Å². The third-order valence-electron chi connectivity index (χ3n) is 4.89. The number of hydrogen-bond acceptors (Lipinski definition) is 8. The van der Waals surface area contributed by atoms with Crippen LogP contribution in [0.3, 0.4) is 0 Å². The van der Waals surface area contributed by atoms with Crippen LogP contribution in [0.25, 0.3) is 0 Å². The zero-order chi connectivity index (χ0) is 19.9. The predicted molar refractivity (Wildman–Crippen MR) is 111 cm³/mol. The van der Waals surface area contributed by atoms with Gasteiger partial charge < -0.3 is 15.4 Å². The summed E-state index contributed by atoms with van der Waals surface area (Å²) in [7, 11) is 0. The number of nitroso groups, excluding NO2 is 1. The van der Waals surface area contributed by atoms with Crippen LogP contribution in [-0.4, -0.2) is 41.1 Å². The van der Waals surface area contributed by atoms with Crippen LogP contribution in [0.2, 0.25) is 0 Å². The molecule has 150 valence electrons. The first kappa shape index (κ1) is 20.0. The molecule has 0 amide bonds. The Morgan fingerprint density at radius 1 is 1.21 bits per heavy atom. The highest BCUT2D eigenvalue weighted by molar-refractivity contribution is 5.73. The summed E-state index contributed by atoms with van der Waals surface area (Å²) in [6, 6.07) is 8.68. The van der Waals surface area contributed by atoms with Gasteiger partial charge in [-0.1, -0.05) is 24.3 Å². The number of aromatic nitrogens is 2. The van der Waals surface area contributed by atoms with Gasteiger partial charge in [0.25, 0.3) is 0 Å². The minimum atomic E-state index is 0.0321. The van der Waals surface area contributed by atoms with Crippen LogP contribution in [0.1, 0.15) is 37.8 Å². The third kappa shape index (κ3) is 4.75. The Morgan fingerprint density at radius 2 is 1.96 bits per heavy atom. The molecule has 1 fully saturated rings. The van der Waals surface area contributed by atoms with E-state index in [1.165, 1.54) is 31.5 Å². The smallest absolute Gasteiger partial charge is 0.320 e. The quantitative estimate of drug-likeness (QED) is 0.661. The van der Waals surface area contributed by atoms with Gasteiger partial charge >= 0.3 is 6.01 Å². The number of hydrogen-bond donors (Lipinski definition) is 1. The van der Waals surface area contributed by atoms with Gasteiger partial charge in [-0.25, -0.2) is 0 Å². The number of nitrogen functional groups attached to an aromatic ring is 1. The van der Waals surface area contributed by atoms with Gasteiger partial charge in [0, 0.05) is 19.6 Å². The van der Waals surface area contributed by atoms with Crippen molar-refractivity contribution in [3.63, 3.8) is 0 Å². The van der Waals surface area contributed by atoms with Crippen molar-refractivity contribution in [2.24, 2.45) is 5.18 Å². The maximum atomic E-state index is 11.4. The number of nitrogens with zero attached hydrogens (tertiary/aromatic N) is 5. The minimum Gasteiger partial charge on any atom is -0.464 e. The Kier molecular flexibility index (Phi) is 6.76. The molecule has 1 aliphatic heterocycles. The third-order valence-corrected chi connectivity index (χ3v) is 4.89. The molecule has 0 spiro atoms. The standard InChI is InChI=1S/C20H28N6O2/c1-3-26(19-17(24-27)18(21)22-20(23-19)28-4-2)14-16-9-7-8-15(12-16)13-25-10-5-6-11-25/h7-9,12H,3-6,10-11,13-14H2,1-2H3,(H2,21,22,23). The maximum absolute atomic E-state index is 11.4. The second kappa shape index (κ2) is 9.45. The van der Waals surface area contributed by atoms with Crippen LogP contribution < -0.4 is 15.4 Å². The highest BCUT2D eigenvalue weighted by atomic mass is 16.5. The van der Waals surface area contributed by atoms with Gasteiger partial charge in [-0.15, -0.1) is 4.91 Å². The summed E-state index contributed by atoms with van der Waals surface area (Å²) in [6.45, 7) is 8.79. The van der Waals surface area contributed by atoms with E-state index in [0.717, 1.165) is 12.1 Å². The molecule has 0 aliphatic carbocycles. The van der Waals surface area contributed by atoms with Crippen molar-refractivity contribution in [2.45, 2.75) is 39.8 Å². The Bertz CT molecular complexity index is 807. The summed E-state index contributed by atoms with van der Waals surface area (Å²) in [5.41, 5.74) is 8.40. The molecule has 2 aromatic rings. The van der Waals surface area contributed by atoms with Crippen LogP contribution in [0, 0.1) is 4.91 Å². The van der Waals surface area contributed by atoms with E-state index in [1.807, 2.05) is 18.7 Å². The van der Waals surface area contributed by atoms with Gasteiger partial charge in [0.1, 0.15) is 0 Å². The number of likely N-dealkylation sites (tertiary alicyclic amines) is 1. The Morgan fingerprint density at radius 3 is 2.64 bits per heavy atom. The van der Waals surface area contributed by atoms with E-state index in [2.05, 4.69) is 44.3 Å². The van der Waals surface area contributed by atoms with Gasteiger partial charge in [0.2, 0.25) is 0 Å². The topological polar surface area (TPSA) is 96.9 Å². The van der Waals surface area contributed by atoms with E-state index in [0.29, 0.717) is 25.5 Å². The summed E-state index contributed by atoms with van der Waals surface area (Å²) in [4.78, 5) is 24.2. The van der Waals surface area contributed by atoms with E-state index in [-0.39, 0.29) is 17.5 Å². The largest absolute Gasteiger partial charge is 0.464 e. The maximum Gasteiger partial charge on any atom is 0.320 e. The Balaban J connectivity index is 1.83. The molecule has 0 atom stereocenters. The van der Waals surface area contributed by atoms with Gasteiger partial charge in [-0.2, -0.15) is 9.97 Å². The van der Waals surface area contributed by atoms with Gasteiger partial charge in [0.05, 0.1) is 6.61 Å². The van der Waals surface area contributed by atoms with Crippen molar-refractivity contribution in [3.8, 4) is 6.01 Å². The number of nitrogens with two attached hydrogens (primary N) is 1. The molecule has 1 aromatic carbocycles. The molecule has 2 N–H and O–H groups in total. The first-order valence-electron chi connectivity index (χ1n) is 9.83. The molecule has 0 bridgehead atoms. The molecule has 28 heavy (non-hydrogen) atoms. The minimum absolute atomic E-state index is 0.0321. The lowest BCUT2D eigenvalue weighted by Gasteiger charge is -2.24. The molecule has 0 radical (unpaired) electrons. The monoisotopic (exact) mass is 384 g/mol. The molecule has 8 nitrogen and oxygen atoms in total. The van der Waals surface area contributed by atoms with E-state index < -0.39 is 0 Å². The SMILES string of the molecule is CCOc1nc(N)c(N=O)c(N(CC)Cc2cccc(CN3CCCC3)c2)n1. The summed E-state index contributed by atoms with van der Waals surface area (Å²) in [5.74, 6) is 0.433. The fourth-order valence-corrected chi connectivity index (χ4v) is 3.52. The molecular formula is C20H28N6O2. The summed E-state index contributed by atoms with van der Waals surface area (Å²) < 4.78 is 5.39. The van der Waals surface area contributed by atoms with Crippen molar-refractivity contribution in [3.05, 3.63) is 40.3 Å². The molecule has 3 rings (SSSR count). The van der Waals surface area contributed by atoms with Crippen LogP contribution in [0.15, 0.2) is 29.4 Å². The lowest BCUT2D eigenvalue weighted by atomic mass is 10.1. The van der Waals surface area contributed by atoms with E-state index in [9.17, 15) is 4.91 Å². The van der Waals surface area contributed by atoms with Crippen molar-refractivity contribution in [1.82, 2.24) is 14.9 Å². The second-order valence-corrected chi connectivity index (χ2v) is 6.91. The zero-order valence-corrected chi connectivity index (χ0v) is 16.6. The normalized spacial score (nSPS) is 14.2. The van der Waals surface area contributed by atoms with Crippen molar-refractivity contribution in [1.29, 1.82) is 0 Å². The fraction of sp³-hybridized carbons (Fsp3) is 0.500. The second-order valence-electron chi connectivity index (χ2n) is 6.91. The van der Waals surface area contributed by atoms with Crippen LogP contribution >= 0.6 is 0 Å². The zero-order valence-electron chi connectivity index (χ0n) is 16.6. The molecule has 0 saturated carbocycles. The lowest BCUT2D eigenvalue weighted by molar-refractivity contribution is 0.313. The number of rotatable bonds is 9. The van der Waals surface area contributed by atoms with Gasteiger partial charge in [-0.05, 0) is 56.1 Å². The first-order valence-corrected chi connectivity index (χ1v) is 9.83. The van der Waals surface area contributed by atoms with Crippen LogP contribution in [0.4, 0.5) is 17.3 Å². The van der Waals surface area contributed by atoms with Crippen molar-refractivity contribution in [2.75, 3.05) is 36.9 Å². The molecule has 2 heterocycles. The van der Waals surface area contributed by atoms with Crippen LogP contribution in [0.5, 0.6) is 6.01 Å². The number of anilines is 2. The average Bonchev–Trinajstić information content (AvgIpc) is 3.19. The molecule has 1 saturated heterocycles. The van der Waals surface area contributed by atoms with Gasteiger partial charge in [-0.3, -0.25) is 4.90 Å². The van der Waals surface area contributed by atoms with E-state index in [4.69, 9.17) is 10.5 Å².